The molecule has 336 valence electrons. The second kappa shape index (κ2) is 24.6. The zero-order valence-corrected chi connectivity index (χ0v) is 38.7. The van der Waals surface area contributed by atoms with Crippen molar-refractivity contribution in [2.45, 2.75) is 190 Å². The molecule has 1 aromatic carbocycles. The predicted molar refractivity (Wildman–Crippen MR) is 236 cm³/mol. The Bertz CT molecular complexity index is 1520. The van der Waals surface area contributed by atoms with E-state index >= 15 is 0 Å². The minimum absolute atomic E-state index is 0.00636. The number of aliphatic hydroxyl groups excluding tert-OH is 1. The van der Waals surface area contributed by atoms with Crippen molar-refractivity contribution in [2.24, 2.45) is 45.4 Å². The maximum absolute atomic E-state index is 13.9. The molecule has 2 bridgehead atoms. The van der Waals surface area contributed by atoms with Gasteiger partial charge in [0, 0.05) is 24.2 Å². The lowest BCUT2D eigenvalue weighted by Gasteiger charge is -2.59. The molecule has 7 unspecified atom stereocenters. The Morgan fingerprint density at radius 3 is 2.00 bits per heavy atom. The molecule has 1 amide bonds. The number of nitrogens with zero attached hydrogens (tertiary/aromatic N) is 1. The molecule has 11 nitrogen and oxygen atoms in total. The maximum Gasteiger partial charge on any atom is 0.405 e. The van der Waals surface area contributed by atoms with Crippen molar-refractivity contribution in [3.8, 4) is 0 Å². The smallest absolute Gasteiger partial charge is 0.405 e. The van der Waals surface area contributed by atoms with Gasteiger partial charge in [-0.25, -0.2) is 4.79 Å². The van der Waals surface area contributed by atoms with Gasteiger partial charge in [-0.2, -0.15) is 4.91 Å². The van der Waals surface area contributed by atoms with E-state index in [9.17, 15) is 29.2 Å². The number of carbonyl (C=O) groups excluding carboxylic acids is 3. The standard InChI is InChI=1S/C23H37NO3.C10H12O2.C10H20O2.C5H11NO2/c1-8-16-14(3)11-18(25)22(7)17(16)12-23(24-27)10-9-13(2)19(21(23,5)6)15(4)20(22)26;1-12-10(11)8-7-9-5-3-2-4-6-9;1-2-3-4-5-6-7-8-9-10(11)12;1-5(2,3)8-4(6)7/h14-18,25H,8-12H2,1-7H3;2-6H,7-8H2,1H3;2-9H2,1H3,(H,11,12);1-3H3,(H2,6,7). The number of carbonyl (C=O) groups is 4. The van der Waals surface area contributed by atoms with Gasteiger partial charge in [-0.3, -0.25) is 14.4 Å². The van der Waals surface area contributed by atoms with Crippen molar-refractivity contribution in [1.29, 1.82) is 0 Å². The summed E-state index contributed by atoms with van der Waals surface area (Å²) >= 11 is 0. The average molecular weight is 829 g/mol. The minimum Gasteiger partial charge on any atom is -0.481 e. The van der Waals surface area contributed by atoms with E-state index in [0.29, 0.717) is 37.5 Å². The number of nitroso groups, excluding NO2 is 1. The molecule has 0 aliphatic heterocycles. The summed E-state index contributed by atoms with van der Waals surface area (Å²) in [6.45, 7) is 22.1. The van der Waals surface area contributed by atoms with Crippen LogP contribution >= 0.6 is 0 Å². The van der Waals surface area contributed by atoms with Gasteiger partial charge < -0.3 is 25.4 Å². The van der Waals surface area contributed by atoms with E-state index in [2.05, 4.69) is 56.2 Å². The number of Topliss-reactive ketones (excluding diaryl/α,β-unsaturated/α-hetero) is 1. The molecule has 59 heavy (non-hydrogen) atoms. The fourth-order valence-electron chi connectivity index (χ4n) is 9.84. The van der Waals surface area contributed by atoms with Crippen LogP contribution < -0.4 is 5.73 Å². The molecule has 0 saturated heterocycles. The van der Waals surface area contributed by atoms with E-state index < -0.39 is 40.1 Å². The third-order valence-corrected chi connectivity index (χ3v) is 13.2. The first-order valence-corrected chi connectivity index (χ1v) is 22.1. The second-order valence-corrected chi connectivity index (χ2v) is 18.8. The number of carboxylic acids is 1. The zero-order chi connectivity index (χ0) is 45.2. The van der Waals surface area contributed by atoms with Gasteiger partial charge in [0.1, 0.15) is 16.9 Å². The van der Waals surface area contributed by atoms with Gasteiger partial charge in [-0.15, -0.1) is 0 Å². The minimum atomic E-state index is -0.804. The van der Waals surface area contributed by atoms with Crippen molar-refractivity contribution >= 4 is 23.8 Å². The quantitative estimate of drug-likeness (QED) is 0.0754. The van der Waals surface area contributed by atoms with Crippen LogP contribution in [-0.2, 0) is 30.3 Å². The number of hydrogen-bond acceptors (Lipinski definition) is 9. The number of primary amides is 1. The molecule has 0 heterocycles. The molecule has 0 aromatic heterocycles. The van der Waals surface area contributed by atoms with Gasteiger partial charge in [0.2, 0.25) is 0 Å². The van der Waals surface area contributed by atoms with E-state index in [4.69, 9.17) is 10.8 Å². The van der Waals surface area contributed by atoms with Crippen molar-refractivity contribution in [3.05, 3.63) is 51.9 Å². The van der Waals surface area contributed by atoms with Gasteiger partial charge in [-0.1, -0.05) is 133 Å². The van der Waals surface area contributed by atoms with E-state index in [0.717, 1.165) is 44.1 Å². The van der Waals surface area contributed by atoms with Crippen LogP contribution in [0.3, 0.4) is 0 Å². The SMILES string of the molecule is CC(C)(C)OC(N)=O.CCC1C(C)CC(O)C2(C)C(=O)C(C)C3=C(C)CCC(N=O)(CC12)C3(C)C.CCCCCCCCCC(=O)O.COC(=O)CCc1ccccc1. The number of carboxylic acid groups (broad SMARTS) is 1. The number of fused-ring (bicyclic) bond motifs is 3. The van der Waals surface area contributed by atoms with Crippen LogP contribution in [0.25, 0.3) is 0 Å². The Morgan fingerprint density at radius 1 is 0.949 bits per heavy atom. The number of hydrogen-bond donors (Lipinski definition) is 3. The lowest BCUT2D eigenvalue weighted by Crippen LogP contribution is -2.62. The fraction of sp³-hybridized carbons (Fsp3) is 0.750. The molecule has 11 heteroatoms. The van der Waals surface area contributed by atoms with Gasteiger partial charge >= 0.3 is 18.0 Å². The molecule has 1 aromatic rings. The molecule has 3 aliphatic carbocycles. The number of unbranched alkanes of at least 4 members (excludes halogenated alkanes) is 6. The summed E-state index contributed by atoms with van der Waals surface area (Å²) in [5.74, 6) is -0.269. The highest BCUT2D eigenvalue weighted by Crippen LogP contribution is 2.62. The number of benzene rings is 1. The summed E-state index contributed by atoms with van der Waals surface area (Å²) in [5.41, 5.74) is 5.82. The summed E-state index contributed by atoms with van der Waals surface area (Å²) in [4.78, 5) is 57.2. The van der Waals surface area contributed by atoms with E-state index in [1.54, 1.807) is 20.8 Å². The zero-order valence-electron chi connectivity index (χ0n) is 38.7. The Labute approximate surface area is 356 Å². The van der Waals surface area contributed by atoms with Crippen LogP contribution in [0.15, 0.2) is 46.7 Å². The normalized spacial score (nSPS) is 27.0. The number of aliphatic carboxylic acids is 1. The molecule has 2 saturated carbocycles. The van der Waals surface area contributed by atoms with Gasteiger partial charge in [0.05, 0.1) is 18.6 Å². The number of rotatable bonds is 13. The Balaban J connectivity index is 0.000000452. The highest BCUT2D eigenvalue weighted by atomic mass is 16.6. The molecule has 4 rings (SSSR count). The molecule has 3 aliphatic rings. The Hall–Kier alpha value is -3.60. The number of aliphatic hydroxyl groups is 1. The monoisotopic (exact) mass is 829 g/mol. The summed E-state index contributed by atoms with van der Waals surface area (Å²) in [7, 11) is 1.41. The molecule has 4 N–H and O–H groups in total. The maximum atomic E-state index is 13.9. The molecule has 0 radical (unpaired) electrons. The van der Waals surface area contributed by atoms with Crippen LogP contribution in [0.2, 0.25) is 0 Å². The second-order valence-electron chi connectivity index (χ2n) is 18.8. The first-order chi connectivity index (χ1) is 27.5. The van der Waals surface area contributed by atoms with Crippen molar-refractivity contribution in [1.82, 2.24) is 0 Å². The number of methoxy groups -OCH3 is 1. The van der Waals surface area contributed by atoms with Gasteiger partial charge in [-0.05, 0) is 96.5 Å². The highest BCUT2D eigenvalue weighted by molar-refractivity contribution is 5.90. The third kappa shape index (κ3) is 15.4. The van der Waals surface area contributed by atoms with Gasteiger partial charge in [0.15, 0.2) is 0 Å². The number of ketones is 1. The number of allylic oxidation sites excluding steroid dienone is 1. The van der Waals surface area contributed by atoms with E-state index in [1.165, 1.54) is 50.4 Å². The van der Waals surface area contributed by atoms with Gasteiger partial charge in [0.25, 0.3) is 0 Å². The lowest BCUT2D eigenvalue weighted by atomic mass is 9.45. The fourth-order valence-corrected chi connectivity index (χ4v) is 9.84. The highest BCUT2D eigenvalue weighted by Gasteiger charge is 2.64. The third-order valence-electron chi connectivity index (χ3n) is 13.2. The predicted octanol–water partition coefficient (Wildman–Crippen LogP) is 11.2. The molecule has 7 atom stereocenters. The van der Waals surface area contributed by atoms with Crippen LogP contribution in [-0.4, -0.2) is 58.4 Å². The number of nitrogens with two attached hydrogens (primary N) is 1. The first-order valence-electron chi connectivity index (χ1n) is 22.1. The number of esters is 1. The number of aryl methyl sites for hydroxylation is 1. The Morgan fingerprint density at radius 2 is 1.53 bits per heavy atom. The first kappa shape index (κ1) is 53.4. The van der Waals surface area contributed by atoms with Crippen LogP contribution in [0.4, 0.5) is 4.79 Å². The number of amides is 1. The number of ether oxygens (including phenoxy) is 2. The largest absolute Gasteiger partial charge is 0.481 e. The summed E-state index contributed by atoms with van der Waals surface area (Å²) < 4.78 is 9.11. The molecule has 2 fully saturated rings. The lowest BCUT2D eigenvalue weighted by molar-refractivity contribution is -0.161. The van der Waals surface area contributed by atoms with Crippen LogP contribution in [0.5, 0.6) is 0 Å². The topological polar surface area (TPSA) is 183 Å². The van der Waals surface area contributed by atoms with E-state index in [-0.39, 0.29) is 23.6 Å². The Kier molecular flexibility index (Phi) is 22.3. The van der Waals surface area contributed by atoms with Crippen molar-refractivity contribution in [3.63, 3.8) is 0 Å². The van der Waals surface area contributed by atoms with Crippen LogP contribution in [0.1, 0.15) is 172 Å². The molecular formula is C48H80N2O9. The van der Waals surface area contributed by atoms with E-state index in [1.807, 2.05) is 44.2 Å². The summed E-state index contributed by atoms with van der Waals surface area (Å²) in [6.07, 6.45) is 12.3. The van der Waals surface area contributed by atoms with Crippen molar-refractivity contribution in [2.75, 3.05) is 7.11 Å². The van der Waals surface area contributed by atoms with Crippen LogP contribution in [0, 0.1) is 39.4 Å². The molecule has 0 spiro atoms. The molecular weight excluding hydrogens is 749 g/mol. The van der Waals surface area contributed by atoms with Crippen molar-refractivity contribution < 1.29 is 38.9 Å². The summed E-state index contributed by atoms with van der Waals surface area (Å²) in [6, 6.07) is 9.90. The average Bonchev–Trinajstić information content (AvgIpc) is 3.16. The summed E-state index contributed by atoms with van der Waals surface area (Å²) in [5, 5.41) is 23.3.